The molecule has 0 aliphatic heterocycles. The van der Waals surface area contributed by atoms with E-state index in [0.717, 1.165) is 0 Å². The van der Waals surface area contributed by atoms with E-state index in [1.807, 2.05) is 20.8 Å². The quantitative estimate of drug-likeness (QED) is 0.179. The molecule has 10 heavy (non-hydrogen) atoms. The predicted molar refractivity (Wildman–Crippen MR) is 33.6 cm³/mol. The van der Waals surface area contributed by atoms with E-state index < -0.39 is 0 Å². The fourth-order valence-corrected chi connectivity index (χ4v) is 0.381. The number of allylic oxidation sites excluding steroid dienone is 1. The van der Waals surface area contributed by atoms with E-state index in [-0.39, 0.29) is 35.0 Å². The average Bonchev–Trinajstić information content (AvgIpc) is 1.65. The fourth-order valence-electron chi connectivity index (χ4n) is 0.381. The van der Waals surface area contributed by atoms with Crippen molar-refractivity contribution in [1.82, 2.24) is 0 Å². The molecule has 0 unspecified atom stereocenters. The molecule has 0 rings (SSSR count). The Morgan fingerprint density at radius 1 is 1.40 bits per heavy atom. The Balaban J connectivity index is 0. The van der Waals surface area contributed by atoms with E-state index >= 15 is 0 Å². The van der Waals surface area contributed by atoms with E-state index in [9.17, 15) is 9.90 Å². The van der Waals surface area contributed by atoms with Crippen molar-refractivity contribution in [3.05, 3.63) is 11.8 Å². The molecule has 0 aliphatic rings. The molecule has 3 heteroatoms. The van der Waals surface area contributed by atoms with Crippen LogP contribution >= 0.6 is 0 Å². The van der Waals surface area contributed by atoms with Gasteiger partial charge >= 0.3 is 29.6 Å². The summed E-state index contributed by atoms with van der Waals surface area (Å²) in [4.78, 5) is 10.1. The predicted octanol–water partition coefficient (Wildman–Crippen LogP) is -2.52. The first-order valence-electron chi connectivity index (χ1n) is 2.80. The SMILES string of the molecule is CC(C)(C)/C(C=O)=C\[O-].[Na+]. The van der Waals surface area contributed by atoms with Crippen molar-refractivity contribution in [3.8, 4) is 0 Å². The van der Waals surface area contributed by atoms with Crippen LogP contribution in [-0.2, 0) is 4.79 Å². The minimum Gasteiger partial charge on any atom is -0.878 e. The number of hydrogen-bond acceptors (Lipinski definition) is 2. The Kier molecular flexibility index (Phi) is 6.35. The smallest absolute Gasteiger partial charge is 0.878 e. The van der Waals surface area contributed by atoms with Gasteiger partial charge in [-0.25, -0.2) is 0 Å². The fraction of sp³-hybridized carbons (Fsp3) is 0.571. The number of carbonyl (C=O) groups is 1. The summed E-state index contributed by atoms with van der Waals surface area (Å²) in [6, 6.07) is 0. The van der Waals surface area contributed by atoms with Crippen molar-refractivity contribution in [1.29, 1.82) is 0 Å². The van der Waals surface area contributed by atoms with Gasteiger partial charge in [0, 0.05) is 0 Å². The second-order valence-electron chi connectivity index (χ2n) is 2.94. The molecule has 0 aromatic carbocycles. The van der Waals surface area contributed by atoms with E-state index in [2.05, 4.69) is 0 Å². The van der Waals surface area contributed by atoms with Gasteiger partial charge in [-0.15, -0.1) is 6.26 Å². The molecule has 0 aromatic rings. The van der Waals surface area contributed by atoms with Crippen molar-refractivity contribution in [2.45, 2.75) is 20.8 Å². The van der Waals surface area contributed by atoms with E-state index in [4.69, 9.17) is 0 Å². The van der Waals surface area contributed by atoms with E-state index in [1.165, 1.54) is 0 Å². The van der Waals surface area contributed by atoms with Crippen LogP contribution in [0.5, 0.6) is 0 Å². The molecular weight excluding hydrogens is 139 g/mol. The number of carbonyl (C=O) groups excluding carboxylic acids is 1. The molecule has 0 saturated carbocycles. The molecule has 0 spiro atoms. The molecule has 0 aliphatic carbocycles. The molecule has 2 nitrogen and oxygen atoms in total. The molecule has 52 valence electrons. The molecule has 0 N–H and O–H groups in total. The Labute approximate surface area is 83.6 Å². The van der Waals surface area contributed by atoms with Gasteiger partial charge in [0.05, 0.1) is 0 Å². The van der Waals surface area contributed by atoms with Gasteiger partial charge < -0.3 is 5.11 Å². The third-order valence-corrected chi connectivity index (χ3v) is 1.12. The number of rotatable bonds is 1. The van der Waals surface area contributed by atoms with Gasteiger partial charge in [0.25, 0.3) is 0 Å². The van der Waals surface area contributed by atoms with Gasteiger partial charge in [-0.05, 0) is 11.0 Å². The first-order valence-corrected chi connectivity index (χ1v) is 2.80. The Morgan fingerprint density at radius 2 is 1.80 bits per heavy atom. The first-order chi connectivity index (χ1) is 4.02. The third kappa shape index (κ3) is 4.09. The summed E-state index contributed by atoms with van der Waals surface area (Å²) in [5.41, 5.74) is 0.00579. The summed E-state index contributed by atoms with van der Waals surface area (Å²) in [5.74, 6) is 0. The van der Waals surface area contributed by atoms with Gasteiger partial charge in [0.1, 0.15) is 6.29 Å². The van der Waals surface area contributed by atoms with Crippen LogP contribution in [0.15, 0.2) is 11.8 Å². The van der Waals surface area contributed by atoms with Crippen molar-refractivity contribution in [3.63, 3.8) is 0 Å². The minimum atomic E-state index is -0.302. The summed E-state index contributed by atoms with van der Waals surface area (Å²) in [6.07, 6.45) is 1.21. The zero-order valence-corrected chi connectivity index (χ0v) is 8.97. The van der Waals surface area contributed by atoms with Gasteiger partial charge in [0.2, 0.25) is 0 Å². The Bertz CT molecular complexity index is 133. The second kappa shape index (κ2) is 4.94. The number of aldehydes is 1. The molecule has 0 bridgehead atoms. The maximum atomic E-state index is 10.1. The van der Waals surface area contributed by atoms with Crippen LogP contribution in [0.2, 0.25) is 0 Å². The third-order valence-electron chi connectivity index (χ3n) is 1.12. The normalized spacial score (nSPS) is 12.1. The van der Waals surface area contributed by atoms with Crippen molar-refractivity contribution >= 4 is 6.29 Å². The van der Waals surface area contributed by atoms with Crippen LogP contribution in [0.1, 0.15) is 20.8 Å². The average molecular weight is 150 g/mol. The molecule has 0 atom stereocenters. The van der Waals surface area contributed by atoms with Crippen LogP contribution in [-0.4, -0.2) is 6.29 Å². The summed E-state index contributed by atoms with van der Waals surface area (Å²) in [5, 5.41) is 10.1. The Morgan fingerprint density at radius 3 is 1.80 bits per heavy atom. The molecule has 0 amide bonds. The first kappa shape index (κ1) is 12.8. The van der Waals surface area contributed by atoms with Gasteiger partial charge in [-0.3, -0.25) is 4.79 Å². The molecule has 0 radical (unpaired) electrons. The van der Waals surface area contributed by atoms with Crippen molar-refractivity contribution in [2.75, 3.05) is 0 Å². The zero-order valence-electron chi connectivity index (χ0n) is 6.97. The van der Waals surface area contributed by atoms with E-state index in [1.54, 1.807) is 0 Å². The number of hydrogen-bond donors (Lipinski definition) is 0. The summed E-state index contributed by atoms with van der Waals surface area (Å²) in [6.45, 7) is 5.47. The van der Waals surface area contributed by atoms with Gasteiger partial charge in [-0.2, -0.15) is 0 Å². The van der Waals surface area contributed by atoms with Gasteiger partial charge in [-0.1, -0.05) is 20.8 Å². The molecule has 0 aromatic heterocycles. The molecule has 0 fully saturated rings. The summed E-state index contributed by atoms with van der Waals surface area (Å²) in [7, 11) is 0. The van der Waals surface area contributed by atoms with Crippen LogP contribution in [0.4, 0.5) is 0 Å². The summed E-state index contributed by atoms with van der Waals surface area (Å²) >= 11 is 0. The molecule has 0 heterocycles. The van der Waals surface area contributed by atoms with Crippen LogP contribution in [0, 0.1) is 5.41 Å². The maximum Gasteiger partial charge on any atom is 1.00 e. The zero-order chi connectivity index (χ0) is 7.49. The van der Waals surface area contributed by atoms with Crippen LogP contribution in [0.3, 0.4) is 0 Å². The molecular formula is C7H11NaO2. The second-order valence-corrected chi connectivity index (χ2v) is 2.94. The van der Waals surface area contributed by atoms with Gasteiger partial charge in [0.15, 0.2) is 0 Å². The monoisotopic (exact) mass is 150 g/mol. The largest absolute Gasteiger partial charge is 1.00 e. The van der Waals surface area contributed by atoms with Crippen molar-refractivity contribution in [2.24, 2.45) is 5.41 Å². The molecule has 0 saturated heterocycles. The topological polar surface area (TPSA) is 40.1 Å². The Hall–Kier alpha value is 0.210. The van der Waals surface area contributed by atoms with Crippen LogP contribution in [0.25, 0.3) is 0 Å². The van der Waals surface area contributed by atoms with E-state index in [0.29, 0.717) is 18.1 Å². The maximum absolute atomic E-state index is 10.1. The van der Waals surface area contributed by atoms with Crippen LogP contribution < -0.4 is 34.7 Å². The summed E-state index contributed by atoms with van der Waals surface area (Å²) < 4.78 is 0. The minimum absolute atomic E-state index is 0. The van der Waals surface area contributed by atoms with Crippen molar-refractivity contribution < 1.29 is 39.5 Å². The standard InChI is InChI=1S/C7H12O2.Na/c1-7(2,3)6(4-8)5-9;/h4-5,8H,1-3H3;/q;+1/p-1/b6-4-;.